The zero-order valence-electron chi connectivity index (χ0n) is 10.4. The predicted octanol–water partition coefficient (Wildman–Crippen LogP) is 4.09. The summed E-state index contributed by atoms with van der Waals surface area (Å²) in [6.07, 6.45) is 0. The summed E-state index contributed by atoms with van der Waals surface area (Å²) in [5.74, 6) is -0.652. The van der Waals surface area contributed by atoms with E-state index in [1.807, 2.05) is 0 Å². The molecule has 0 atom stereocenters. The average molecular weight is 341 g/mol. The summed E-state index contributed by atoms with van der Waals surface area (Å²) in [7, 11) is 1.47. The fourth-order valence-electron chi connectivity index (χ4n) is 1.56. The van der Waals surface area contributed by atoms with Crippen molar-refractivity contribution >= 4 is 21.9 Å². The van der Waals surface area contributed by atoms with Crippen molar-refractivity contribution in [3.8, 4) is 17.2 Å². The number of benzene rings is 2. The number of ether oxygens (including phenoxy) is 2. The molecule has 0 unspecified atom stereocenters. The van der Waals surface area contributed by atoms with Crippen molar-refractivity contribution in [2.45, 2.75) is 0 Å². The highest BCUT2D eigenvalue weighted by atomic mass is 79.9. The van der Waals surface area contributed by atoms with Crippen LogP contribution in [0.1, 0.15) is 10.4 Å². The standard InChI is InChI=1S/C14H10BrFO4/c1-19-8-2-4-10(14(17)18)13(7-8)20-9-3-5-12(16)11(15)6-9/h2-7H,1H3,(H,17,18). The van der Waals surface area contributed by atoms with Gasteiger partial charge in [-0.05, 0) is 46.3 Å². The molecule has 0 spiro atoms. The second kappa shape index (κ2) is 5.92. The first-order valence-corrected chi connectivity index (χ1v) is 6.35. The number of hydrogen-bond donors (Lipinski definition) is 1. The number of aromatic carboxylic acids is 1. The molecule has 0 aliphatic rings. The molecule has 104 valence electrons. The molecule has 4 nitrogen and oxygen atoms in total. The summed E-state index contributed by atoms with van der Waals surface area (Å²) in [5, 5.41) is 9.12. The largest absolute Gasteiger partial charge is 0.497 e. The van der Waals surface area contributed by atoms with Crippen LogP contribution in [-0.4, -0.2) is 18.2 Å². The summed E-state index contributed by atoms with van der Waals surface area (Å²) in [5.41, 5.74) is -0.00810. The van der Waals surface area contributed by atoms with E-state index >= 15 is 0 Å². The van der Waals surface area contributed by atoms with E-state index in [-0.39, 0.29) is 15.8 Å². The van der Waals surface area contributed by atoms with E-state index in [1.165, 1.54) is 43.5 Å². The van der Waals surface area contributed by atoms with Gasteiger partial charge in [0.1, 0.15) is 28.6 Å². The lowest BCUT2D eigenvalue weighted by Gasteiger charge is -2.10. The molecule has 6 heteroatoms. The smallest absolute Gasteiger partial charge is 0.339 e. The van der Waals surface area contributed by atoms with E-state index in [0.717, 1.165) is 0 Å². The van der Waals surface area contributed by atoms with Crippen molar-refractivity contribution < 1.29 is 23.8 Å². The second-order valence-corrected chi connectivity index (χ2v) is 4.70. The zero-order chi connectivity index (χ0) is 14.7. The van der Waals surface area contributed by atoms with Crippen molar-refractivity contribution in [3.05, 3.63) is 52.3 Å². The van der Waals surface area contributed by atoms with Gasteiger partial charge in [0, 0.05) is 6.07 Å². The van der Waals surface area contributed by atoms with Gasteiger partial charge in [0.15, 0.2) is 0 Å². The highest BCUT2D eigenvalue weighted by Gasteiger charge is 2.14. The molecule has 20 heavy (non-hydrogen) atoms. The fourth-order valence-corrected chi connectivity index (χ4v) is 1.92. The van der Waals surface area contributed by atoms with Crippen LogP contribution in [0, 0.1) is 5.82 Å². The highest BCUT2D eigenvalue weighted by molar-refractivity contribution is 9.10. The van der Waals surface area contributed by atoms with Gasteiger partial charge >= 0.3 is 5.97 Å². The molecule has 2 rings (SSSR count). The van der Waals surface area contributed by atoms with Crippen LogP contribution in [0.25, 0.3) is 0 Å². The molecule has 0 saturated heterocycles. The van der Waals surface area contributed by atoms with Gasteiger partial charge in [0.25, 0.3) is 0 Å². The second-order valence-electron chi connectivity index (χ2n) is 3.85. The van der Waals surface area contributed by atoms with Gasteiger partial charge < -0.3 is 14.6 Å². The molecule has 2 aromatic carbocycles. The summed E-state index contributed by atoms with van der Waals surface area (Å²) in [4.78, 5) is 11.1. The molecule has 0 saturated carbocycles. The lowest BCUT2D eigenvalue weighted by Crippen LogP contribution is -2.00. The van der Waals surface area contributed by atoms with Gasteiger partial charge in [-0.3, -0.25) is 0 Å². The maximum Gasteiger partial charge on any atom is 0.339 e. The average Bonchev–Trinajstić information content (AvgIpc) is 2.42. The van der Waals surface area contributed by atoms with Crippen LogP contribution in [0.4, 0.5) is 4.39 Å². The third kappa shape index (κ3) is 3.08. The quantitative estimate of drug-likeness (QED) is 0.910. The van der Waals surface area contributed by atoms with Gasteiger partial charge in [-0.25, -0.2) is 9.18 Å². The Hall–Kier alpha value is -2.08. The Morgan fingerprint density at radius 2 is 1.90 bits per heavy atom. The van der Waals surface area contributed by atoms with Crippen LogP contribution in [0.3, 0.4) is 0 Å². The van der Waals surface area contributed by atoms with Crippen LogP contribution >= 0.6 is 15.9 Å². The molecule has 0 bridgehead atoms. The van der Waals surface area contributed by atoms with Gasteiger partial charge in [-0.1, -0.05) is 0 Å². The van der Waals surface area contributed by atoms with Crippen LogP contribution < -0.4 is 9.47 Å². The zero-order valence-corrected chi connectivity index (χ0v) is 12.0. The lowest BCUT2D eigenvalue weighted by atomic mass is 10.2. The minimum absolute atomic E-state index is 0.00810. The Morgan fingerprint density at radius 1 is 1.20 bits per heavy atom. The number of methoxy groups -OCH3 is 1. The monoisotopic (exact) mass is 340 g/mol. The van der Waals surface area contributed by atoms with Crippen LogP contribution in [-0.2, 0) is 0 Å². The molecule has 1 N–H and O–H groups in total. The van der Waals surface area contributed by atoms with E-state index in [1.54, 1.807) is 0 Å². The highest BCUT2D eigenvalue weighted by Crippen LogP contribution is 2.31. The van der Waals surface area contributed by atoms with Crippen LogP contribution in [0.15, 0.2) is 40.9 Å². The summed E-state index contributed by atoms with van der Waals surface area (Å²) < 4.78 is 23.9. The van der Waals surface area contributed by atoms with E-state index in [2.05, 4.69) is 15.9 Å². The van der Waals surface area contributed by atoms with Gasteiger partial charge in [-0.15, -0.1) is 0 Å². The molecule has 0 amide bonds. The third-order valence-corrected chi connectivity index (χ3v) is 3.15. The summed E-state index contributed by atoms with van der Waals surface area (Å²) in [6.45, 7) is 0. The molecule has 0 heterocycles. The minimum Gasteiger partial charge on any atom is -0.497 e. The topological polar surface area (TPSA) is 55.8 Å². The Bertz CT molecular complexity index is 658. The number of carboxylic acids is 1. The molecule has 0 aliphatic heterocycles. The third-order valence-electron chi connectivity index (χ3n) is 2.54. The first-order valence-electron chi connectivity index (χ1n) is 5.55. The summed E-state index contributed by atoms with van der Waals surface area (Å²) >= 11 is 3.04. The Labute approximate surface area is 122 Å². The first kappa shape index (κ1) is 14.3. The normalized spacial score (nSPS) is 10.2. The van der Waals surface area contributed by atoms with E-state index in [0.29, 0.717) is 11.5 Å². The van der Waals surface area contributed by atoms with Gasteiger partial charge in [0.2, 0.25) is 0 Å². The molecule has 0 fully saturated rings. The first-order chi connectivity index (χ1) is 9.51. The SMILES string of the molecule is COc1ccc(C(=O)O)c(Oc2ccc(F)c(Br)c2)c1. The lowest BCUT2D eigenvalue weighted by molar-refractivity contribution is 0.0694. The molecular weight excluding hydrogens is 331 g/mol. The van der Waals surface area contributed by atoms with E-state index in [4.69, 9.17) is 14.6 Å². The maximum absolute atomic E-state index is 13.1. The Morgan fingerprint density at radius 3 is 2.50 bits per heavy atom. The van der Waals surface area contributed by atoms with Gasteiger partial charge in [0.05, 0.1) is 11.6 Å². The van der Waals surface area contributed by atoms with Gasteiger partial charge in [-0.2, -0.15) is 0 Å². The van der Waals surface area contributed by atoms with Crippen molar-refractivity contribution in [2.24, 2.45) is 0 Å². The van der Waals surface area contributed by atoms with E-state index < -0.39 is 11.8 Å². The van der Waals surface area contributed by atoms with Crippen molar-refractivity contribution in [1.29, 1.82) is 0 Å². The fraction of sp³-hybridized carbons (Fsp3) is 0.0714. The minimum atomic E-state index is -1.12. The molecule has 0 radical (unpaired) electrons. The molecule has 0 aromatic heterocycles. The maximum atomic E-state index is 13.1. The van der Waals surface area contributed by atoms with Crippen LogP contribution in [0.5, 0.6) is 17.2 Å². The molecular formula is C14H10BrFO4. The number of hydrogen-bond acceptors (Lipinski definition) is 3. The van der Waals surface area contributed by atoms with Crippen molar-refractivity contribution in [2.75, 3.05) is 7.11 Å². The molecule has 2 aromatic rings. The molecule has 0 aliphatic carbocycles. The van der Waals surface area contributed by atoms with Crippen LogP contribution in [0.2, 0.25) is 0 Å². The predicted molar refractivity (Wildman–Crippen MR) is 74.1 cm³/mol. The van der Waals surface area contributed by atoms with E-state index in [9.17, 15) is 9.18 Å². The number of rotatable bonds is 4. The number of halogens is 2. The van der Waals surface area contributed by atoms with Crippen molar-refractivity contribution in [1.82, 2.24) is 0 Å². The Balaban J connectivity index is 2.40. The number of carbonyl (C=O) groups is 1. The summed E-state index contributed by atoms with van der Waals surface area (Å²) in [6, 6.07) is 8.42. The van der Waals surface area contributed by atoms with Crippen molar-refractivity contribution in [3.63, 3.8) is 0 Å². The Kier molecular flexibility index (Phi) is 4.24. The number of carboxylic acid groups (broad SMARTS) is 1.